The van der Waals surface area contributed by atoms with Gasteiger partial charge in [0.2, 0.25) is 10.0 Å². The monoisotopic (exact) mass is 308 g/mol. The summed E-state index contributed by atoms with van der Waals surface area (Å²) < 4.78 is 40.4. The molecule has 0 aliphatic carbocycles. The minimum absolute atomic E-state index is 0.0287. The van der Waals surface area contributed by atoms with Crippen molar-refractivity contribution in [3.8, 4) is 0 Å². The molecule has 3 N–H and O–H groups in total. The summed E-state index contributed by atoms with van der Waals surface area (Å²) in [5.74, 6) is -0.608. The van der Waals surface area contributed by atoms with Crippen LogP contribution in [0.15, 0.2) is 47.4 Å². The van der Waals surface area contributed by atoms with Crippen molar-refractivity contribution in [3.63, 3.8) is 0 Å². The Hall–Kier alpha value is -1.76. The summed E-state index contributed by atoms with van der Waals surface area (Å²) in [4.78, 5) is -0.112. The highest BCUT2D eigenvalue weighted by Crippen LogP contribution is 2.17. The molecule has 0 bridgehead atoms. The molecule has 0 fully saturated rings. The molecule has 2 aromatic rings. The Morgan fingerprint density at radius 1 is 1.14 bits per heavy atom. The van der Waals surface area contributed by atoms with Crippen molar-refractivity contribution in [3.05, 3.63) is 65.0 Å². The normalized spacial score (nSPS) is 11.6. The molecule has 0 radical (unpaired) electrons. The number of nitrogens with one attached hydrogen (secondary N) is 1. The molecule has 0 atom stereocenters. The number of benzene rings is 2. The first-order chi connectivity index (χ1) is 9.94. The first-order valence-corrected chi connectivity index (χ1v) is 7.95. The molecule has 2 aromatic carbocycles. The van der Waals surface area contributed by atoms with Crippen LogP contribution in [0.25, 0.3) is 0 Å². The highest BCUT2D eigenvalue weighted by molar-refractivity contribution is 7.89. The molecule has 0 unspecified atom stereocenters. The maximum Gasteiger partial charge on any atom is 0.241 e. The van der Waals surface area contributed by atoms with E-state index >= 15 is 0 Å². The van der Waals surface area contributed by atoms with Gasteiger partial charge in [-0.3, -0.25) is 0 Å². The number of nitrogens with two attached hydrogens (primary N) is 1. The van der Waals surface area contributed by atoms with E-state index in [2.05, 4.69) is 4.72 Å². The highest BCUT2D eigenvalue weighted by Gasteiger charge is 2.18. The van der Waals surface area contributed by atoms with E-state index in [1.54, 1.807) is 0 Å². The van der Waals surface area contributed by atoms with Crippen LogP contribution in [0.4, 0.5) is 4.39 Å². The van der Waals surface area contributed by atoms with E-state index in [1.165, 1.54) is 12.1 Å². The zero-order valence-corrected chi connectivity index (χ0v) is 12.5. The van der Waals surface area contributed by atoms with Crippen LogP contribution in [0.2, 0.25) is 0 Å². The van der Waals surface area contributed by atoms with Crippen LogP contribution >= 0.6 is 0 Å². The Morgan fingerprint density at radius 2 is 1.86 bits per heavy atom. The summed E-state index contributed by atoms with van der Waals surface area (Å²) in [6.07, 6.45) is 0. The molecular weight excluding hydrogens is 291 g/mol. The van der Waals surface area contributed by atoms with Crippen molar-refractivity contribution in [2.24, 2.45) is 5.73 Å². The summed E-state index contributed by atoms with van der Waals surface area (Å²) >= 11 is 0. The molecule has 0 amide bonds. The minimum atomic E-state index is -3.81. The van der Waals surface area contributed by atoms with Crippen molar-refractivity contribution < 1.29 is 12.8 Å². The smallest absolute Gasteiger partial charge is 0.241 e. The lowest BCUT2D eigenvalue weighted by Gasteiger charge is -2.11. The minimum Gasteiger partial charge on any atom is -0.326 e. The average molecular weight is 308 g/mol. The van der Waals surface area contributed by atoms with Crippen molar-refractivity contribution in [2.45, 2.75) is 24.9 Å². The second-order valence-electron chi connectivity index (χ2n) is 4.71. The Bertz CT molecular complexity index is 745. The zero-order valence-electron chi connectivity index (χ0n) is 11.6. The summed E-state index contributed by atoms with van der Waals surface area (Å²) in [6.45, 7) is 2.08. The van der Waals surface area contributed by atoms with Crippen LogP contribution in [-0.2, 0) is 23.1 Å². The molecule has 0 aliphatic heterocycles. The molecule has 0 aromatic heterocycles. The van der Waals surface area contributed by atoms with Gasteiger partial charge in [0.15, 0.2) is 0 Å². The van der Waals surface area contributed by atoms with E-state index < -0.39 is 15.8 Å². The van der Waals surface area contributed by atoms with E-state index in [4.69, 9.17) is 5.73 Å². The molecular formula is C15H17FN2O2S. The predicted octanol–water partition coefficient (Wildman–Crippen LogP) is 2.07. The number of hydrogen-bond acceptors (Lipinski definition) is 3. The van der Waals surface area contributed by atoms with E-state index in [9.17, 15) is 12.8 Å². The predicted molar refractivity (Wildman–Crippen MR) is 79.5 cm³/mol. The number of sulfonamides is 1. The van der Waals surface area contributed by atoms with Crippen LogP contribution in [-0.4, -0.2) is 8.42 Å². The first-order valence-electron chi connectivity index (χ1n) is 6.46. The summed E-state index contributed by atoms with van der Waals surface area (Å²) in [6, 6.07) is 11.0. The number of hydrogen-bond donors (Lipinski definition) is 2. The molecule has 0 aliphatic rings. The zero-order chi connectivity index (χ0) is 15.5. The first kappa shape index (κ1) is 15.6. The third kappa shape index (κ3) is 3.66. The van der Waals surface area contributed by atoms with Gasteiger partial charge in [0, 0.05) is 13.1 Å². The number of aryl methyl sites for hydroxylation is 1. The van der Waals surface area contributed by atoms with Gasteiger partial charge in [-0.1, -0.05) is 30.3 Å². The molecule has 4 nitrogen and oxygen atoms in total. The van der Waals surface area contributed by atoms with Crippen LogP contribution in [0.3, 0.4) is 0 Å². The van der Waals surface area contributed by atoms with Gasteiger partial charge in [-0.2, -0.15) is 0 Å². The molecule has 21 heavy (non-hydrogen) atoms. The van der Waals surface area contributed by atoms with Crippen LogP contribution in [0, 0.1) is 12.7 Å². The maximum atomic E-state index is 13.3. The molecule has 0 saturated carbocycles. The van der Waals surface area contributed by atoms with E-state index in [0.717, 1.165) is 17.2 Å². The van der Waals surface area contributed by atoms with E-state index in [1.807, 2.05) is 31.2 Å². The van der Waals surface area contributed by atoms with Crippen LogP contribution < -0.4 is 10.5 Å². The summed E-state index contributed by atoms with van der Waals surface area (Å²) in [5.41, 5.74) is 7.75. The van der Waals surface area contributed by atoms with E-state index in [-0.39, 0.29) is 18.0 Å². The Kier molecular flexibility index (Phi) is 4.72. The van der Waals surface area contributed by atoms with E-state index in [0.29, 0.717) is 5.56 Å². The second kappa shape index (κ2) is 6.34. The fourth-order valence-electron chi connectivity index (χ4n) is 2.01. The third-order valence-electron chi connectivity index (χ3n) is 3.25. The Balaban J connectivity index is 2.27. The van der Waals surface area contributed by atoms with Gasteiger partial charge in [0.25, 0.3) is 0 Å². The van der Waals surface area contributed by atoms with Gasteiger partial charge in [-0.15, -0.1) is 0 Å². The molecule has 112 valence electrons. The van der Waals surface area contributed by atoms with Crippen molar-refractivity contribution in [1.29, 1.82) is 0 Å². The van der Waals surface area contributed by atoms with Crippen molar-refractivity contribution >= 4 is 10.0 Å². The lowest BCUT2D eigenvalue weighted by atomic mass is 10.1. The fourth-order valence-corrected chi connectivity index (χ4v) is 3.27. The quantitative estimate of drug-likeness (QED) is 0.888. The molecule has 0 spiro atoms. The largest absolute Gasteiger partial charge is 0.326 e. The molecule has 6 heteroatoms. The third-order valence-corrected chi connectivity index (χ3v) is 4.74. The summed E-state index contributed by atoms with van der Waals surface area (Å²) in [5, 5.41) is 0. The van der Waals surface area contributed by atoms with Crippen LogP contribution in [0.5, 0.6) is 0 Å². The summed E-state index contributed by atoms with van der Waals surface area (Å²) in [7, 11) is -3.81. The number of halogens is 1. The lowest BCUT2D eigenvalue weighted by molar-refractivity contribution is 0.575. The lowest BCUT2D eigenvalue weighted by Crippen LogP contribution is -2.25. The van der Waals surface area contributed by atoms with Crippen molar-refractivity contribution in [2.75, 3.05) is 0 Å². The molecule has 0 heterocycles. The van der Waals surface area contributed by atoms with Gasteiger partial charge in [0.1, 0.15) is 5.82 Å². The SMILES string of the molecule is Cc1ccccc1CNS(=O)(=O)c1cc(F)ccc1CN. The van der Waals surface area contributed by atoms with Gasteiger partial charge >= 0.3 is 0 Å². The topological polar surface area (TPSA) is 72.2 Å². The Labute approximate surface area is 123 Å². The second-order valence-corrected chi connectivity index (χ2v) is 6.44. The highest BCUT2D eigenvalue weighted by atomic mass is 32.2. The fraction of sp³-hybridized carbons (Fsp3) is 0.200. The average Bonchev–Trinajstić information content (AvgIpc) is 2.46. The maximum absolute atomic E-state index is 13.3. The van der Waals surface area contributed by atoms with Gasteiger partial charge in [-0.05, 0) is 35.7 Å². The number of rotatable bonds is 5. The van der Waals surface area contributed by atoms with Gasteiger partial charge in [0.05, 0.1) is 4.90 Å². The van der Waals surface area contributed by atoms with Gasteiger partial charge in [-0.25, -0.2) is 17.5 Å². The molecule has 2 rings (SSSR count). The van der Waals surface area contributed by atoms with Crippen molar-refractivity contribution in [1.82, 2.24) is 4.72 Å². The van der Waals surface area contributed by atoms with Crippen LogP contribution in [0.1, 0.15) is 16.7 Å². The Morgan fingerprint density at radius 3 is 2.52 bits per heavy atom. The molecule has 0 saturated heterocycles. The standard InChI is InChI=1S/C15H17FN2O2S/c1-11-4-2-3-5-13(11)10-18-21(19,20)15-8-14(16)7-6-12(15)9-17/h2-8,18H,9-10,17H2,1H3. The van der Waals surface area contributed by atoms with Gasteiger partial charge < -0.3 is 5.73 Å².